The zero-order chi connectivity index (χ0) is 17.6. The third-order valence-corrected chi connectivity index (χ3v) is 5.00. The molecule has 2 aromatic carbocycles. The van der Waals surface area contributed by atoms with Gasteiger partial charge >= 0.3 is 0 Å². The van der Waals surface area contributed by atoms with E-state index >= 15 is 0 Å². The Balaban J connectivity index is 1.94. The number of nitrogens with zero attached hydrogens (tertiary/aromatic N) is 1. The van der Waals surface area contributed by atoms with E-state index in [4.69, 9.17) is 5.73 Å². The van der Waals surface area contributed by atoms with Crippen LogP contribution in [0.3, 0.4) is 0 Å². The van der Waals surface area contributed by atoms with Crippen LogP contribution < -0.4 is 5.73 Å². The summed E-state index contributed by atoms with van der Waals surface area (Å²) >= 11 is 1.80. The molecule has 0 radical (unpaired) electrons. The first-order valence-corrected chi connectivity index (χ1v) is 9.12. The molecule has 24 heavy (non-hydrogen) atoms. The lowest BCUT2D eigenvalue weighted by Gasteiger charge is -2.29. The van der Waals surface area contributed by atoms with E-state index in [9.17, 15) is 4.79 Å². The first-order chi connectivity index (χ1) is 11.4. The second-order valence-corrected chi connectivity index (χ2v) is 7.88. The Morgan fingerprint density at radius 3 is 2.29 bits per heavy atom. The SMILES string of the molecule is CN(CC(C)(C)CN)C(=O)c1ccc(CSc2ccccc2)cc1. The van der Waals surface area contributed by atoms with Crippen LogP contribution in [0.4, 0.5) is 0 Å². The van der Waals surface area contributed by atoms with Gasteiger partial charge in [0.1, 0.15) is 0 Å². The van der Waals surface area contributed by atoms with Gasteiger partial charge < -0.3 is 10.6 Å². The van der Waals surface area contributed by atoms with E-state index in [1.807, 2.05) is 49.5 Å². The fraction of sp³-hybridized carbons (Fsp3) is 0.350. The Hall–Kier alpha value is -1.78. The van der Waals surface area contributed by atoms with Crippen LogP contribution in [-0.4, -0.2) is 30.9 Å². The van der Waals surface area contributed by atoms with Crippen molar-refractivity contribution < 1.29 is 4.79 Å². The molecular weight excluding hydrogens is 316 g/mol. The van der Waals surface area contributed by atoms with Crippen molar-refractivity contribution in [1.82, 2.24) is 4.90 Å². The number of hydrogen-bond acceptors (Lipinski definition) is 3. The third kappa shape index (κ3) is 5.39. The zero-order valence-corrected chi connectivity index (χ0v) is 15.5. The lowest BCUT2D eigenvalue weighted by atomic mass is 9.93. The van der Waals surface area contributed by atoms with E-state index in [2.05, 4.69) is 26.0 Å². The zero-order valence-electron chi connectivity index (χ0n) is 14.7. The number of benzene rings is 2. The Kier molecular flexibility index (Phi) is 6.46. The fourth-order valence-electron chi connectivity index (χ4n) is 2.43. The number of amides is 1. The molecule has 0 heterocycles. The molecule has 0 atom stereocenters. The maximum absolute atomic E-state index is 12.5. The summed E-state index contributed by atoms with van der Waals surface area (Å²) in [4.78, 5) is 15.5. The highest BCUT2D eigenvalue weighted by molar-refractivity contribution is 7.98. The van der Waals surface area contributed by atoms with Gasteiger partial charge in [-0.3, -0.25) is 4.79 Å². The second kappa shape index (κ2) is 8.36. The molecule has 0 aromatic heterocycles. The lowest BCUT2D eigenvalue weighted by molar-refractivity contribution is 0.0740. The molecule has 4 heteroatoms. The summed E-state index contributed by atoms with van der Waals surface area (Å²) in [5, 5.41) is 0. The van der Waals surface area contributed by atoms with E-state index in [1.54, 1.807) is 16.7 Å². The van der Waals surface area contributed by atoms with Crippen molar-refractivity contribution in [2.45, 2.75) is 24.5 Å². The Labute approximate surface area is 149 Å². The molecule has 0 saturated carbocycles. The maximum Gasteiger partial charge on any atom is 0.253 e. The average Bonchev–Trinajstić information content (AvgIpc) is 2.60. The minimum atomic E-state index is -0.0727. The first-order valence-electron chi connectivity index (χ1n) is 8.13. The summed E-state index contributed by atoms with van der Waals surface area (Å²) in [6.07, 6.45) is 0. The van der Waals surface area contributed by atoms with E-state index < -0.39 is 0 Å². The van der Waals surface area contributed by atoms with Crippen LogP contribution in [-0.2, 0) is 5.75 Å². The van der Waals surface area contributed by atoms with Crippen molar-refractivity contribution in [2.24, 2.45) is 11.1 Å². The van der Waals surface area contributed by atoms with Crippen LogP contribution in [0, 0.1) is 5.41 Å². The summed E-state index contributed by atoms with van der Waals surface area (Å²) in [6, 6.07) is 18.2. The van der Waals surface area contributed by atoms with Crippen LogP contribution in [0.5, 0.6) is 0 Å². The summed E-state index contributed by atoms with van der Waals surface area (Å²) in [7, 11) is 1.83. The summed E-state index contributed by atoms with van der Waals surface area (Å²) in [6.45, 7) is 5.34. The number of nitrogens with two attached hydrogens (primary N) is 1. The molecule has 0 aliphatic carbocycles. The van der Waals surface area contributed by atoms with Crippen LogP contribution in [0.1, 0.15) is 29.8 Å². The van der Waals surface area contributed by atoms with E-state index in [1.165, 1.54) is 10.5 Å². The molecule has 2 rings (SSSR count). The summed E-state index contributed by atoms with van der Waals surface area (Å²) < 4.78 is 0. The topological polar surface area (TPSA) is 46.3 Å². The highest BCUT2D eigenvalue weighted by Crippen LogP contribution is 2.23. The molecule has 2 N–H and O–H groups in total. The normalized spacial score (nSPS) is 11.3. The highest BCUT2D eigenvalue weighted by atomic mass is 32.2. The Morgan fingerprint density at radius 2 is 1.71 bits per heavy atom. The van der Waals surface area contributed by atoms with Crippen LogP contribution in [0.2, 0.25) is 0 Å². The van der Waals surface area contributed by atoms with Gasteiger partial charge in [0.25, 0.3) is 5.91 Å². The van der Waals surface area contributed by atoms with Crippen LogP contribution >= 0.6 is 11.8 Å². The van der Waals surface area contributed by atoms with Gasteiger partial charge in [0.05, 0.1) is 0 Å². The molecule has 3 nitrogen and oxygen atoms in total. The van der Waals surface area contributed by atoms with Crippen molar-refractivity contribution >= 4 is 17.7 Å². The third-order valence-electron chi connectivity index (χ3n) is 3.91. The predicted octanol–water partition coefficient (Wildman–Crippen LogP) is 4.04. The minimum absolute atomic E-state index is 0.0405. The Morgan fingerprint density at radius 1 is 1.08 bits per heavy atom. The molecule has 0 aliphatic heterocycles. The Bertz CT molecular complexity index is 653. The van der Waals surface area contributed by atoms with Gasteiger partial charge in [-0.2, -0.15) is 0 Å². The van der Waals surface area contributed by atoms with E-state index in [0.717, 1.165) is 11.3 Å². The van der Waals surface area contributed by atoms with Crippen LogP contribution in [0.15, 0.2) is 59.5 Å². The molecule has 0 bridgehead atoms. The van der Waals surface area contributed by atoms with Crippen molar-refractivity contribution in [3.05, 3.63) is 65.7 Å². The van der Waals surface area contributed by atoms with Gasteiger partial charge in [-0.05, 0) is 41.8 Å². The van der Waals surface area contributed by atoms with Gasteiger partial charge in [0.2, 0.25) is 0 Å². The van der Waals surface area contributed by atoms with Crippen molar-refractivity contribution in [2.75, 3.05) is 20.1 Å². The molecule has 0 fully saturated rings. The second-order valence-electron chi connectivity index (χ2n) is 6.83. The van der Waals surface area contributed by atoms with Crippen molar-refractivity contribution in [3.63, 3.8) is 0 Å². The molecule has 1 amide bonds. The largest absolute Gasteiger partial charge is 0.341 e. The van der Waals surface area contributed by atoms with Gasteiger partial charge in [-0.1, -0.05) is 44.2 Å². The standard InChI is InChI=1S/C20H26N2OS/c1-20(2,14-21)15-22(3)19(23)17-11-9-16(10-12-17)13-24-18-7-5-4-6-8-18/h4-12H,13-15,21H2,1-3H3. The van der Waals surface area contributed by atoms with Crippen molar-refractivity contribution in [1.29, 1.82) is 0 Å². The van der Waals surface area contributed by atoms with E-state index in [-0.39, 0.29) is 11.3 Å². The molecular formula is C20H26N2OS. The van der Waals surface area contributed by atoms with Crippen molar-refractivity contribution in [3.8, 4) is 0 Å². The fourth-order valence-corrected chi connectivity index (χ4v) is 3.30. The van der Waals surface area contributed by atoms with Crippen LogP contribution in [0.25, 0.3) is 0 Å². The summed E-state index contributed by atoms with van der Waals surface area (Å²) in [5.41, 5.74) is 7.62. The number of carbonyl (C=O) groups is 1. The van der Waals surface area contributed by atoms with Gasteiger partial charge in [-0.25, -0.2) is 0 Å². The number of carbonyl (C=O) groups excluding carboxylic acids is 1. The monoisotopic (exact) mass is 342 g/mol. The predicted molar refractivity (Wildman–Crippen MR) is 102 cm³/mol. The molecule has 0 spiro atoms. The number of rotatable bonds is 7. The van der Waals surface area contributed by atoms with Gasteiger partial charge in [0.15, 0.2) is 0 Å². The molecule has 0 saturated heterocycles. The highest BCUT2D eigenvalue weighted by Gasteiger charge is 2.21. The van der Waals surface area contributed by atoms with Gasteiger partial charge in [-0.15, -0.1) is 11.8 Å². The van der Waals surface area contributed by atoms with Gasteiger partial charge in [0, 0.05) is 29.8 Å². The first kappa shape index (κ1) is 18.6. The van der Waals surface area contributed by atoms with E-state index in [0.29, 0.717) is 13.1 Å². The molecule has 0 aliphatic rings. The minimum Gasteiger partial charge on any atom is -0.341 e. The summed E-state index contributed by atoms with van der Waals surface area (Å²) in [5.74, 6) is 0.938. The quantitative estimate of drug-likeness (QED) is 0.773. The number of hydrogen-bond donors (Lipinski definition) is 1. The maximum atomic E-state index is 12.5. The number of thioether (sulfide) groups is 1. The molecule has 0 unspecified atom stereocenters. The average molecular weight is 343 g/mol. The smallest absolute Gasteiger partial charge is 0.253 e. The molecule has 2 aromatic rings. The molecule has 128 valence electrons. The lowest BCUT2D eigenvalue weighted by Crippen LogP contribution is -2.39.